The van der Waals surface area contributed by atoms with Crippen LogP contribution in [0.3, 0.4) is 0 Å². The number of aryl methyl sites for hydroxylation is 2. The van der Waals surface area contributed by atoms with Crippen LogP contribution >= 0.6 is 0 Å². The molecule has 0 saturated carbocycles. The van der Waals surface area contributed by atoms with Gasteiger partial charge in [0, 0.05) is 12.8 Å². The van der Waals surface area contributed by atoms with Crippen molar-refractivity contribution in [1.29, 1.82) is 5.26 Å². The third-order valence-electron chi connectivity index (χ3n) is 3.30. The Balaban J connectivity index is 2.66. The van der Waals surface area contributed by atoms with Crippen LogP contribution < -0.4 is 0 Å². The van der Waals surface area contributed by atoms with Gasteiger partial charge in [0.05, 0.1) is 12.7 Å². The van der Waals surface area contributed by atoms with Crippen LogP contribution in [0.1, 0.15) is 48.8 Å². The summed E-state index contributed by atoms with van der Waals surface area (Å²) in [5.41, 5.74) is 2.80. The minimum absolute atomic E-state index is 0.145. The molecule has 1 aromatic carbocycles. The zero-order chi connectivity index (χ0) is 15.8. The number of rotatable bonds is 7. The molecule has 0 heterocycles. The number of hydrogen-bond acceptors (Lipinski definition) is 4. The summed E-state index contributed by atoms with van der Waals surface area (Å²) in [6.07, 6.45) is 0.843. The molecule has 0 aliphatic rings. The largest absolute Gasteiger partial charge is 0.466 e. The summed E-state index contributed by atoms with van der Waals surface area (Å²) in [6.45, 7) is 5.96. The first-order valence-corrected chi connectivity index (χ1v) is 7.14. The highest BCUT2D eigenvalue weighted by Crippen LogP contribution is 2.23. The lowest BCUT2D eigenvalue weighted by molar-refractivity contribution is -0.143. The van der Waals surface area contributed by atoms with Crippen LogP contribution in [0.25, 0.3) is 0 Å². The van der Waals surface area contributed by atoms with Gasteiger partial charge in [0.15, 0.2) is 5.78 Å². The van der Waals surface area contributed by atoms with E-state index in [1.54, 1.807) is 6.92 Å². The Kier molecular flexibility index (Phi) is 6.61. The van der Waals surface area contributed by atoms with Crippen molar-refractivity contribution >= 4 is 11.8 Å². The van der Waals surface area contributed by atoms with Crippen LogP contribution in [0.2, 0.25) is 0 Å². The molecule has 1 aromatic rings. The molecule has 4 nitrogen and oxygen atoms in total. The number of nitrogens with zero attached hydrogens (tertiary/aromatic N) is 1. The average molecular weight is 287 g/mol. The predicted octanol–water partition coefficient (Wildman–Crippen LogP) is 3.21. The van der Waals surface area contributed by atoms with Gasteiger partial charge in [0.2, 0.25) is 0 Å². The summed E-state index contributed by atoms with van der Waals surface area (Å²) < 4.78 is 4.81. The third-order valence-corrected chi connectivity index (χ3v) is 3.30. The number of ketones is 1. The Hall–Kier alpha value is -2.15. The maximum absolute atomic E-state index is 12.2. The molecule has 1 unspecified atom stereocenters. The molecule has 0 amide bonds. The highest BCUT2D eigenvalue weighted by Gasteiger charge is 2.21. The maximum atomic E-state index is 12.2. The van der Waals surface area contributed by atoms with Gasteiger partial charge in [-0.15, -0.1) is 0 Å². The molecule has 0 bridgehead atoms. The fourth-order valence-corrected chi connectivity index (χ4v) is 2.25. The summed E-state index contributed by atoms with van der Waals surface area (Å²) in [6, 6.07) is 7.78. The van der Waals surface area contributed by atoms with E-state index < -0.39 is 5.92 Å². The Morgan fingerprint density at radius 3 is 2.57 bits per heavy atom. The molecule has 0 spiro atoms. The summed E-state index contributed by atoms with van der Waals surface area (Å²) in [5.74, 6) is -1.20. The Morgan fingerprint density at radius 1 is 1.29 bits per heavy atom. The molecule has 0 fully saturated rings. The average Bonchev–Trinajstić information content (AvgIpc) is 2.42. The first-order chi connectivity index (χ1) is 9.99. The monoisotopic (exact) mass is 287 g/mol. The molecule has 1 atom stereocenters. The summed E-state index contributed by atoms with van der Waals surface area (Å²) in [7, 11) is 0. The number of carbonyl (C=O) groups is 2. The molecule has 0 N–H and O–H groups in total. The highest BCUT2D eigenvalue weighted by molar-refractivity contribution is 5.89. The number of Topliss-reactive ketones (excluding diaryl/α,β-unsaturated/α-hetero) is 1. The second kappa shape index (κ2) is 8.21. The second-order valence-electron chi connectivity index (χ2n) is 5.05. The summed E-state index contributed by atoms with van der Waals surface area (Å²) in [4.78, 5) is 23.4. The maximum Gasteiger partial charge on any atom is 0.305 e. The molecule has 0 aliphatic carbocycles. The minimum Gasteiger partial charge on any atom is -0.466 e. The van der Waals surface area contributed by atoms with Crippen molar-refractivity contribution in [3.05, 3.63) is 34.9 Å². The molecule has 0 aromatic heterocycles. The lowest BCUT2D eigenvalue weighted by atomic mass is 9.89. The smallest absolute Gasteiger partial charge is 0.305 e. The van der Waals surface area contributed by atoms with Gasteiger partial charge in [-0.25, -0.2) is 0 Å². The van der Waals surface area contributed by atoms with Crippen LogP contribution in [-0.4, -0.2) is 18.4 Å². The standard InChI is InChI=1S/C17H21NO3/c1-4-21-17(20)7-5-6-16(19)15(11-18)14-9-8-12(2)10-13(14)3/h8-10,15H,4-7H2,1-3H3. The second-order valence-corrected chi connectivity index (χ2v) is 5.05. The van der Waals surface area contributed by atoms with Gasteiger partial charge in [0.25, 0.3) is 0 Å². The number of carbonyl (C=O) groups excluding carboxylic acids is 2. The van der Waals surface area contributed by atoms with E-state index in [0.29, 0.717) is 13.0 Å². The Morgan fingerprint density at radius 2 is 2.00 bits per heavy atom. The van der Waals surface area contributed by atoms with Crippen molar-refractivity contribution in [2.24, 2.45) is 0 Å². The fraction of sp³-hybridized carbons (Fsp3) is 0.471. The van der Waals surface area contributed by atoms with Crippen molar-refractivity contribution < 1.29 is 14.3 Å². The minimum atomic E-state index is -0.757. The third kappa shape index (κ3) is 5.03. The molecule has 4 heteroatoms. The van der Waals surface area contributed by atoms with Gasteiger partial charge in [-0.1, -0.05) is 23.8 Å². The highest BCUT2D eigenvalue weighted by atomic mass is 16.5. The molecule has 21 heavy (non-hydrogen) atoms. The molecule has 0 radical (unpaired) electrons. The van der Waals surface area contributed by atoms with E-state index in [-0.39, 0.29) is 24.6 Å². The first-order valence-electron chi connectivity index (χ1n) is 7.14. The number of benzene rings is 1. The van der Waals surface area contributed by atoms with E-state index in [9.17, 15) is 14.9 Å². The predicted molar refractivity (Wildman–Crippen MR) is 79.8 cm³/mol. The molecule has 0 aliphatic heterocycles. The Bertz CT molecular complexity index is 558. The van der Waals surface area contributed by atoms with Crippen LogP contribution in [0.4, 0.5) is 0 Å². The normalized spacial score (nSPS) is 11.5. The topological polar surface area (TPSA) is 67.2 Å². The molecular weight excluding hydrogens is 266 g/mol. The van der Waals surface area contributed by atoms with Gasteiger partial charge in [0.1, 0.15) is 5.92 Å². The number of hydrogen-bond donors (Lipinski definition) is 0. The van der Waals surface area contributed by atoms with Crippen molar-refractivity contribution in [2.75, 3.05) is 6.61 Å². The van der Waals surface area contributed by atoms with Crippen molar-refractivity contribution in [1.82, 2.24) is 0 Å². The van der Waals surface area contributed by atoms with E-state index in [4.69, 9.17) is 4.74 Å². The molecule has 0 saturated heterocycles. The number of esters is 1. The quantitative estimate of drug-likeness (QED) is 0.722. The first kappa shape index (κ1) is 16.9. The fourth-order valence-electron chi connectivity index (χ4n) is 2.25. The van der Waals surface area contributed by atoms with Gasteiger partial charge < -0.3 is 4.74 Å². The molecule has 112 valence electrons. The van der Waals surface area contributed by atoms with Gasteiger partial charge >= 0.3 is 5.97 Å². The van der Waals surface area contributed by atoms with E-state index in [1.807, 2.05) is 32.0 Å². The lowest BCUT2D eigenvalue weighted by Crippen LogP contribution is -2.13. The zero-order valence-corrected chi connectivity index (χ0v) is 12.8. The summed E-state index contributed by atoms with van der Waals surface area (Å²) >= 11 is 0. The molecule has 1 rings (SSSR count). The van der Waals surface area contributed by atoms with E-state index in [0.717, 1.165) is 16.7 Å². The molecular formula is C17H21NO3. The lowest BCUT2D eigenvalue weighted by Gasteiger charge is -2.12. The van der Waals surface area contributed by atoms with Crippen LogP contribution in [0.5, 0.6) is 0 Å². The van der Waals surface area contributed by atoms with E-state index >= 15 is 0 Å². The summed E-state index contributed by atoms with van der Waals surface area (Å²) in [5, 5.41) is 9.27. The van der Waals surface area contributed by atoms with Gasteiger partial charge in [-0.05, 0) is 38.3 Å². The van der Waals surface area contributed by atoms with Crippen LogP contribution in [0, 0.1) is 25.2 Å². The van der Waals surface area contributed by atoms with E-state index in [1.165, 1.54) is 0 Å². The van der Waals surface area contributed by atoms with Gasteiger partial charge in [-0.3, -0.25) is 9.59 Å². The van der Waals surface area contributed by atoms with E-state index in [2.05, 4.69) is 6.07 Å². The van der Waals surface area contributed by atoms with Crippen LogP contribution in [-0.2, 0) is 14.3 Å². The van der Waals surface area contributed by atoms with Crippen molar-refractivity contribution in [2.45, 2.75) is 46.0 Å². The number of nitriles is 1. The van der Waals surface area contributed by atoms with Gasteiger partial charge in [-0.2, -0.15) is 5.26 Å². The number of ether oxygens (including phenoxy) is 1. The Labute approximate surface area is 125 Å². The van der Waals surface area contributed by atoms with Crippen molar-refractivity contribution in [3.63, 3.8) is 0 Å². The van der Waals surface area contributed by atoms with Crippen molar-refractivity contribution in [3.8, 4) is 6.07 Å². The van der Waals surface area contributed by atoms with Crippen LogP contribution in [0.15, 0.2) is 18.2 Å². The zero-order valence-electron chi connectivity index (χ0n) is 12.8. The SMILES string of the molecule is CCOC(=O)CCCC(=O)C(C#N)c1ccc(C)cc1C.